The van der Waals surface area contributed by atoms with Crippen molar-refractivity contribution in [3.05, 3.63) is 23.2 Å². The van der Waals surface area contributed by atoms with Crippen LogP contribution in [0.15, 0.2) is 18.2 Å². The summed E-state index contributed by atoms with van der Waals surface area (Å²) in [6.07, 6.45) is 0. The monoisotopic (exact) mass is 323 g/mol. The molecule has 2 fully saturated rings. The highest BCUT2D eigenvalue weighted by Crippen LogP contribution is 2.35. The molecular formula is C16H22ClN3O2. The SMILES string of the molecule is CC(C(=O)Nc1cccc(Cl)c1N1CCOCC1)C1CNC1. The fourth-order valence-electron chi connectivity index (χ4n) is 2.85. The van der Waals surface area contributed by atoms with Crippen molar-refractivity contribution in [1.29, 1.82) is 0 Å². The Balaban J connectivity index is 1.77. The number of ether oxygens (including phenoxy) is 1. The molecule has 1 unspecified atom stereocenters. The summed E-state index contributed by atoms with van der Waals surface area (Å²) in [5.74, 6) is 0.479. The third-order valence-corrected chi connectivity index (χ3v) is 4.81. The number of carbonyl (C=O) groups excluding carboxylic acids is 1. The average molecular weight is 324 g/mol. The molecular weight excluding hydrogens is 302 g/mol. The normalized spacial score (nSPS) is 20.4. The first kappa shape index (κ1) is 15.6. The Morgan fingerprint density at radius 1 is 1.41 bits per heavy atom. The van der Waals surface area contributed by atoms with Crippen molar-refractivity contribution in [2.24, 2.45) is 11.8 Å². The predicted octanol–water partition coefficient (Wildman–Crippen LogP) is 1.97. The Morgan fingerprint density at radius 2 is 2.14 bits per heavy atom. The van der Waals surface area contributed by atoms with E-state index in [0.717, 1.165) is 37.6 Å². The molecule has 2 N–H and O–H groups in total. The van der Waals surface area contributed by atoms with Crippen LogP contribution in [0.5, 0.6) is 0 Å². The zero-order valence-corrected chi connectivity index (χ0v) is 13.5. The maximum absolute atomic E-state index is 12.5. The number of nitrogens with zero attached hydrogens (tertiary/aromatic N) is 1. The van der Waals surface area contributed by atoms with Crippen molar-refractivity contribution in [2.45, 2.75) is 6.92 Å². The summed E-state index contributed by atoms with van der Waals surface area (Å²) in [5, 5.41) is 6.94. The van der Waals surface area contributed by atoms with E-state index in [-0.39, 0.29) is 11.8 Å². The smallest absolute Gasteiger partial charge is 0.227 e. The highest BCUT2D eigenvalue weighted by molar-refractivity contribution is 6.34. The van der Waals surface area contributed by atoms with Crippen LogP contribution in [0, 0.1) is 11.8 Å². The predicted molar refractivity (Wildman–Crippen MR) is 88.6 cm³/mol. The van der Waals surface area contributed by atoms with E-state index in [1.54, 1.807) is 0 Å². The lowest BCUT2D eigenvalue weighted by Crippen LogP contribution is -2.48. The van der Waals surface area contributed by atoms with Gasteiger partial charge in [0.25, 0.3) is 0 Å². The van der Waals surface area contributed by atoms with E-state index in [4.69, 9.17) is 16.3 Å². The van der Waals surface area contributed by atoms with E-state index in [2.05, 4.69) is 15.5 Å². The van der Waals surface area contributed by atoms with Gasteiger partial charge in [-0.2, -0.15) is 0 Å². The van der Waals surface area contributed by atoms with Gasteiger partial charge in [-0.15, -0.1) is 0 Å². The van der Waals surface area contributed by atoms with Gasteiger partial charge in [-0.3, -0.25) is 4.79 Å². The van der Waals surface area contributed by atoms with Gasteiger partial charge in [0.2, 0.25) is 5.91 Å². The molecule has 3 rings (SSSR count). The highest BCUT2D eigenvalue weighted by Gasteiger charge is 2.29. The summed E-state index contributed by atoms with van der Waals surface area (Å²) < 4.78 is 5.39. The molecule has 2 aliphatic rings. The second kappa shape index (κ2) is 6.86. The molecule has 2 saturated heterocycles. The lowest BCUT2D eigenvalue weighted by atomic mass is 9.88. The summed E-state index contributed by atoms with van der Waals surface area (Å²) in [4.78, 5) is 14.6. The fraction of sp³-hybridized carbons (Fsp3) is 0.562. The standard InChI is InChI=1S/C16H22ClN3O2/c1-11(12-9-18-10-12)16(21)19-14-4-2-3-13(17)15(14)20-5-7-22-8-6-20/h2-4,11-12,18H,5-10H2,1H3,(H,19,21). The van der Waals surface area contributed by atoms with E-state index in [0.29, 0.717) is 24.2 Å². The first-order chi connectivity index (χ1) is 10.7. The second-order valence-electron chi connectivity index (χ2n) is 5.93. The summed E-state index contributed by atoms with van der Waals surface area (Å²) in [5.41, 5.74) is 1.69. The van der Waals surface area contributed by atoms with E-state index in [1.165, 1.54) is 0 Å². The quantitative estimate of drug-likeness (QED) is 0.889. The number of hydrogen-bond acceptors (Lipinski definition) is 4. The van der Waals surface area contributed by atoms with Gasteiger partial charge < -0.3 is 20.3 Å². The van der Waals surface area contributed by atoms with Gasteiger partial charge >= 0.3 is 0 Å². The van der Waals surface area contributed by atoms with Crippen LogP contribution in [0.1, 0.15) is 6.92 Å². The van der Waals surface area contributed by atoms with E-state index < -0.39 is 0 Å². The molecule has 0 radical (unpaired) electrons. The first-order valence-electron chi connectivity index (χ1n) is 7.79. The van der Waals surface area contributed by atoms with Crippen LogP contribution < -0.4 is 15.5 Å². The number of hydrogen-bond donors (Lipinski definition) is 2. The van der Waals surface area contributed by atoms with Crippen LogP contribution in [0.2, 0.25) is 5.02 Å². The van der Waals surface area contributed by atoms with Gasteiger partial charge in [-0.05, 0) is 31.1 Å². The summed E-state index contributed by atoms with van der Waals surface area (Å²) in [6.45, 7) is 6.76. The highest BCUT2D eigenvalue weighted by atomic mass is 35.5. The summed E-state index contributed by atoms with van der Waals surface area (Å²) >= 11 is 6.38. The summed E-state index contributed by atoms with van der Waals surface area (Å²) in [6, 6.07) is 5.65. The minimum atomic E-state index is -0.00206. The van der Waals surface area contributed by atoms with Gasteiger partial charge in [-0.25, -0.2) is 0 Å². The fourth-order valence-corrected chi connectivity index (χ4v) is 3.14. The molecule has 1 aromatic carbocycles. The number of amides is 1. The number of anilines is 2. The van der Waals surface area contributed by atoms with Crippen LogP contribution >= 0.6 is 11.6 Å². The Kier molecular flexibility index (Phi) is 4.86. The number of rotatable bonds is 4. The zero-order chi connectivity index (χ0) is 15.5. The van der Waals surface area contributed by atoms with Crippen LogP contribution in [0.25, 0.3) is 0 Å². The topological polar surface area (TPSA) is 53.6 Å². The van der Waals surface area contributed by atoms with Gasteiger partial charge in [0.15, 0.2) is 0 Å². The Hall–Kier alpha value is -1.30. The van der Waals surface area contributed by atoms with Gasteiger partial charge in [0.05, 0.1) is 29.6 Å². The van der Waals surface area contributed by atoms with Crippen molar-refractivity contribution < 1.29 is 9.53 Å². The summed E-state index contributed by atoms with van der Waals surface area (Å²) in [7, 11) is 0. The number of para-hydroxylation sites is 1. The van der Waals surface area contributed by atoms with E-state index in [1.807, 2.05) is 25.1 Å². The van der Waals surface area contributed by atoms with Crippen molar-refractivity contribution in [1.82, 2.24) is 5.32 Å². The number of nitrogens with one attached hydrogen (secondary N) is 2. The number of morpholine rings is 1. The number of benzene rings is 1. The van der Waals surface area contributed by atoms with Gasteiger partial charge in [0, 0.05) is 19.0 Å². The molecule has 0 aliphatic carbocycles. The molecule has 22 heavy (non-hydrogen) atoms. The molecule has 0 bridgehead atoms. The lowest BCUT2D eigenvalue weighted by Gasteiger charge is -2.33. The third kappa shape index (κ3) is 3.21. The van der Waals surface area contributed by atoms with Gasteiger partial charge in [-0.1, -0.05) is 24.6 Å². The van der Waals surface area contributed by atoms with Crippen LogP contribution in [0.3, 0.4) is 0 Å². The average Bonchev–Trinajstić information content (AvgIpc) is 2.46. The minimum Gasteiger partial charge on any atom is -0.378 e. The van der Waals surface area contributed by atoms with Crippen LogP contribution in [0.4, 0.5) is 11.4 Å². The molecule has 2 aliphatic heterocycles. The molecule has 1 atom stereocenters. The van der Waals surface area contributed by atoms with E-state index >= 15 is 0 Å². The number of halogens is 1. The van der Waals surface area contributed by atoms with Crippen LogP contribution in [-0.2, 0) is 9.53 Å². The zero-order valence-electron chi connectivity index (χ0n) is 12.8. The number of carbonyl (C=O) groups is 1. The van der Waals surface area contributed by atoms with Crippen molar-refractivity contribution in [2.75, 3.05) is 49.6 Å². The first-order valence-corrected chi connectivity index (χ1v) is 8.17. The molecule has 6 heteroatoms. The van der Waals surface area contributed by atoms with Crippen molar-refractivity contribution >= 4 is 28.9 Å². The maximum Gasteiger partial charge on any atom is 0.227 e. The van der Waals surface area contributed by atoms with Crippen molar-refractivity contribution in [3.8, 4) is 0 Å². The van der Waals surface area contributed by atoms with Crippen LogP contribution in [-0.4, -0.2) is 45.3 Å². The molecule has 5 nitrogen and oxygen atoms in total. The minimum absolute atomic E-state index is 0.00206. The molecule has 1 amide bonds. The van der Waals surface area contributed by atoms with Gasteiger partial charge in [0.1, 0.15) is 0 Å². The Labute approximate surface area is 136 Å². The van der Waals surface area contributed by atoms with E-state index in [9.17, 15) is 4.79 Å². The Morgan fingerprint density at radius 3 is 2.77 bits per heavy atom. The molecule has 120 valence electrons. The molecule has 0 spiro atoms. The molecule has 2 heterocycles. The second-order valence-corrected chi connectivity index (χ2v) is 6.34. The molecule has 1 aromatic rings. The third-order valence-electron chi connectivity index (χ3n) is 4.51. The lowest BCUT2D eigenvalue weighted by molar-refractivity contribution is -0.121. The molecule has 0 saturated carbocycles. The largest absolute Gasteiger partial charge is 0.378 e. The maximum atomic E-state index is 12.5. The van der Waals surface area contributed by atoms with Crippen molar-refractivity contribution in [3.63, 3.8) is 0 Å². The molecule has 0 aromatic heterocycles. The Bertz CT molecular complexity index is 542.